The summed E-state index contributed by atoms with van der Waals surface area (Å²) in [5.74, 6) is -0.203. The van der Waals surface area contributed by atoms with Gasteiger partial charge >= 0.3 is 0 Å². The number of nitrogens with zero attached hydrogens (tertiary/aromatic N) is 1. The Kier molecular flexibility index (Phi) is 4.64. The van der Waals surface area contributed by atoms with Crippen molar-refractivity contribution in [3.8, 4) is 0 Å². The maximum absolute atomic E-state index is 11.7. The van der Waals surface area contributed by atoms with Crippen molar-refractivity contribution < 1.29 is 19.4 Å². The highest BCUT2D eigenvalue weighted by Crippen LogP contribution is 2.22. The summed E-state index contributed by atoms with van der Waals surface area (Å²) in [4.78, 5) is 16.0. The fourth-order valence-corrected chi connectivity index (χ4v) is 2.18. The van der Waals surface area contributed by atoms with Crippen molar-refractivity contribution in [3.63, 3.8) is 0 Å². The summed E-state index contributed by atoms with van der Waals surface area (Å²) in [6.45, 7) is 0.903. The van der Waals surface area contributed by atoms with Gasteiger partial charge in [-0.25, -0.2) is 4.98 Å². The molecule has 0 fully saturated rings. The Bertz CT molecular complexity index is 562. The molecule has 0 aliphatic heterocycles. The number of hydrogen-bond donors (Lipinski definition) is 3. The van der Waals surface area contributed by atoms with Gasteiger partial charge in [-0.15, -0.1) is 0 Å². The third-order valence-corrected chi connectivity index (χ3v) is 3.57. The van der Waals surface area contributed by atoms with Crippen LogP contribution in [0.5, 0.6) is 0 Å². The van der Waals surface area contributed by atoms with Gasteiger partial charge in [-0.3, -0.25) is 4.79 Å². The minimum absolute atomic E-state index is 0.0996. The molecule has 3 N–H and O–H groups in total. The van der Waals surface area contributed by atoms with Gasteiger partial charge in [0.05, 0.1) is 24.5 Å². The Balaban J connectivity index is 1.93. The Hall–Kier alpha value is -1.57. The maximum Gasteiger partial charge on any atom is 0.257 e. The van der Waals surface area contributed by atoms with Crippen LogP contribution in [0.1, 0.15) is 6.92 Å². The van der Waals surface area contributed by atoms with Crippen LogP contribution in [-0.2, 0) is 4.79 Å². The van der Waals surface area contributed by atoms with Gasteiger partial charge < -0.3 is 19.9 Å². The van der Waals surface area contributed by atoms with Gasteiger partial charge in [0.1, 0.15) is 5.52 Å². The third-order valence-electron chi connectivity index (χ3n) is 2.74. The zero-order valence-electron chi connectivity index (χ0n) is 11.0. The lowest BCUT2D eigenvalue weighted by molar-refractivity contribution is -0.121. The lowest BCUT2D eigenvalue weighted by Crippen LogP contribution is -2.52. The molecule has 1 aromatic heterocycles. The van der Waals surface area contributed by atoms with Gasteiger partial charge in [-0.2, -0.15) is 0 Å². The van der Waals surface area contributed by atoms with Crippen LogP contribution >= 0.6 is 11.8 Å². The number of oxazole rings is 1. The molecule has 6 nitrogen and oxygen atoms in total. The molecule has 0 saturated heterocycles. The summed E-state index contributed by atoms with van der Waals surface area (Å²) >= 11 is 1.16. The number of nitrogens with one attached hydrogen (secondary N) is 1. The summed E-state index contributed by atoms with van der Waals surface area (Å²) in [5.41, 5.74) is 0.399. The highest BCUT2D eigenvalue weighted by molar-refractivity contribution is 7.99. The number of thioether (sulfide) groups is 1. The molecule has 0 aliphatic carbocycles. The van der Waals surface area contributed by atoms with Crippen molar-refractivity contribution in [3.05, 3.63) is 24.3 Å². The molecule has 0 aliphatic rings. The molecule has 1 aromatic carbocycles. The second-order valence-corrected chi connectivity index (χ2v) is 5.59. The van der Waals surface area contributed by atoms with E-state index in [4.69, 9.17) is 14.6 Å². The summed E-state index contributed by atoms with van der Waals surface area (Å²) < 4.78 is 5.47. The quantitative estimate of drug-likeness (QED) is 0.682. The van der Waals surface area contributed by atoms with Crippen LogP contribution in [0.3, 0.4) is 0 Å². The van der Waals surface area contributed by atoms with E-state index >= 15 is 0 Å². The number of para-hydroxylation sites is 2. The summed E-state index contributed by atoms with van der Waals surface area (Å²) in [5, 5.41) is 21.2. The molecule has 20 heavy (non-hydrogen) atoms. The summed E-state index contributed by atoms with van der Waals surface area (Å²) in [7, 11) is 0. The van der Waals surface area contributed by atoms with E-state index in [0.29, 0.717) is 10.8 Å². The number of hydrogen-bond acceptors (Lipinski definition) is 6. The third kappa shape index (κ3) is 3.50. The zero-order valence-corrected chi connectivity index (χ0v) is 11.8. The summed E-state index contributed by atoms with van der Waals surface area (Å²) in [6.07, 6.45) is 0. The fraction of sp³-hybridized carbons (Fsp3) is 0.385. The van der Waals surface area contributed by atoms with Crippen LogP contribution < -0.4 is 5.32 Å². The van der Waals surface area contributed by atoms with Crippen molar-refractivity contribution in [1.29, 1.82) is 0 Å². The number of aliphatic hydroxyl groups is 2. The van der Waals surface area contributed by atoms with Crippen LogP contribution in [0, 0.1) is 0 Å². The Morgan fingerprint density at radius 3 is 2.75 bits per heavy atom. The van der Waals surface area contributed by atoms with Crippen molar-refractivity contribution in [2.45, 2.75) is 17.7 Å². The van der Waals surface area contributed by atoms with Gasteiger partial charge in [0.15, 0.2) is 5.58 Å². The smallest absolute Gasteiger partial charge is 0.257 e. The lowest BCUT2D eigenvalue weighted by atomic mass is 10.1. The molecule has 1 amide bonds. The zero-order chi connectivity index (χ0) is 14.6. The van der Waals surface area contributed by atoms with E-state index in [0.717, 1.165) is 17.3 Å². The van der Waals surface area contributed by atoms with Gasteiger partial charge in [0.25, 0.3) is 5.22 Å². The number of benzene rings is 1. The van der Waals surface area contributed by atoms with Crippen LogP contribution in [-0.4, -0.2) is 45.6 Å². The first-order chi connectivity index (χ1) is 9.56. The molecule has 0 saturated carbocycles. The summed E-state index contributed by atoms with van der Waals surface area (Å²) in [6, 6.07) is 7.35. The first-order valence-electron chi connectivity index (χ1n) is 6.07. The predicted octanol–water partition coefficient (Wildman–Crippen LogP) is 0.779. The van der Waals surface area contributed by atoms with Crippen LogP contribution in [0.4, 0.5) is 0 Å². The van der Waals surface area contributed by atoms with Gasteiger partial charge in [0.2, 0.25) is 5.91 Å². The molecular formula is C13H16N2O4S. The van der Waals surface area contributed by atoms with E-state index in [1.807, 2.05) is 18.2 Å². The van der Waals surface area contributed by atoms with Gasteiger partial charge in [-0.1, -0.05) is 23.9 Å². The Labute approximate surface area is 120 Å². The molecule has 0 atom stereocenters. The largest absolute Gasteiger partial charge is 0.431 e. The van der Waals surface area contributed by atoms with Crippen LogP contribution in [0.2, 0.25) is 0 Å². The van der Waals surface area contributed by atoms with E-state index in [1.165, 1.54) is 0 Å². The number of carbonyl (C=O) groups excluding carboxylic acids is 1. The van der Waals surface area contributed by atoms with Gasteiger partial charge in [0, 0.05) is 0 Å². The first-order valence-corrected chi connectivity index (χ1v) is 7.06. The predicted molar refractivity (Wildman–Crippen MR) is 75.5 cm³/mol. The molecule has 1 heterocycles. The second kappa shape index (κ2) is 6.25. The lowest BCUT2D eigenvalue weighted by Gasteiger charge is -2.25. The molecular weight excluding hydrogens is 280 g/mol. The number of carbonyl (C=O) groups is 1. The van der Waals surface area contributed by atoms with Crippen molar-refractivity contribution in [2.75, 3.05) is 19.0 Å². The van der Waals surface area contributed by atoms with Gasteiger partial charge in [-0.05, 0) is 19.1 Å². The maximum atomic E-state index is 11.7. The first kappa shape index (κ1) is 14.8. The van der Waals surface area contributed by atoms with Crippen molar-refractivity contribution in [2.24, 2.45) is 0 Å². The highest BCUT2D eigenvalue weighted by Gasteiger charge is 2.24. The average Bonchev–Trinajstić information content (AvgIpc) is 2.88. The minimum atomic E-state index is -1.01. The fourth-order valence-electron chi connectivity index (χ4n) is 1.54. The minimum Gasteiger partial charge on any atom is -0.431 e. The number of rotatable bonds is 6. The normalized spacial score (nSPS) is 11.8. The SMILES string of the molecule is CC(CO)(CO)NC(=O)CSc1nc2ccccc2o1. The standard InChI is InChI=1S/C13H16N2O4S/c1-13(7-16,8-17)15-11(18)6-20-12-14-9-4-2-3-5-10(9)19-12/h2-5,16-17H,6-8H2,1H3,(H,15,18). The Morgan fingerprint density at radius 1 is 1.40 bits per heavy atom. The monoisotopic (exact) mass is 296 g/mol. The number of aliphatic hydroxyl groups excluding tert-OH is 2. The van der Waals surface area contributed by atoms with Crippen molar-refractivity contribution in [1.82, 2.24) is 10.3 Å². The van der Waals surface area contributed by atoms with E-state index in [9.17, 15) is 4.79 Å². The molecule has 0 spiro atoms. The molecule has 7 heteroatoms. The number of fused-ring (bicyclic) bond motifs is 1. The van der Waals surface area contributed by atoms with E-state index in [1.54, 1.807) is 13.0 Å². The average molecular weight is 296 g/mol. The molecule has 2 rings (SSSR count). The molecule has 2 aromatic rings. The van der Waals surface area contributed by atoms with E-state index in [2.05, 4.69) is 10.3 Å². The highest BCUT2D eigenvalue weighted by atomic mass is 32.2. The molecule has 0 unspecified atom stereocenters. The van der Waals surface area contributed by atoms with Crippen LogP contribution in [0.25, 0.3) is 11.1 Å². The second-order valence-electron chi connectivity index (χ2n) is 4.66. The van der Waals surface area contributed by atoms with E-state index in [-0.39, 0.29) is 24.9 Å². The molecule has 0 radical (unpaired) electrons. The number of aromatic nitrogens is 1. The van der Waals surface area contributed by atoms with Crippen molar-refractivity contribution >= 4 is 28.8 Å². The Morgan fingerprint density at radius 2 is 2.10 bits per heavy atom. The van der Waals surface area contributed by atoms with Crippen LogP contribution in [0.15, 0.2) is 33.9 Å². The topological polar surface area (TPSA) is 95.6 Å². The van der Waals surface area contributed by atoms with E-state index < -0.39 is 5.54 Å². The number of amides is 1. The molecule has 108 valence electrons. The molecule has 0 bridgehead atoms.